The van der Waals surface area contributed by atoms with Crippen LogP contribution in [0, 0.1) is 11.3 Å². The molecule has 2 N–H and O–H groups in total. The Hall–Kier alpha value is -3.48. The molecule has 170 valence electrons. The molecule has 33 heavy (non-hydrogen) atoms. The molecule has 1 unspecified atom stereocenters. The van der Waals surface area contributed by atoms with Crippen LogP contribution in [-0.4, -0.2) is 56.7 Å². The molecule has 1 saturated heterocycles. The zero-order valence-electron chi connectivity index (χ0n) is 18.5. The first-order chi connectivity index (χ1) is 15.9. The Morgan fingerprint density at radius 3 is 2.67 bits per heavy atom. The highest BCUT2D eigenvalue weighted by molar-refractivity contribution is 6.32. The van der Waals surface area contributed by atoms with E-state index < -0.39 is 6.04 Å². The van der Waals surface area contributed by atoms with E-state index in [2.05, 4.69) is 37.6 Å². The van der Waals surface area contributed by atoms with Crippen LogP contribution in [0.4, 0.5) is 11.6 Å². The highest BCUT2D eigenvalue weighted by Crippen LogP contribution is 2.28. The van der Waals surface area contributed by atoms with Gasteiger partial charge in [0.05, 0.1) is 40.9 Å². The van der Waals surface area contributed by atoms with Crippen LogP contribution in [0.2, 0.25) is 5.02 Å². The van der Waals surface area contributed by atoms with Crippen molar-refractivity contribution in [2.75, 3.05) is 25.5 Å². The van der Waals surface area contributed by atoms with E-state index in [-0.39, 0.29) is 5.91 Å². The molecule has 1 fully saturated rings. The summed E-state index contributed by atoms with van der Waals surface area (Å²) in [6, 6.07) is 8.68. The van der Waals surface area contributed by atoms with E-state index in [0.717, 1.165) is 37.2 Å². The number of likely N-dealkylation sites (tertiary alicyclic amines) is 1. The third kappa shape index (κ3) is 5.48. The Bertz CT molecular complexity index is 1160. The van der Waals surface area contributed by atoms with Gasteiger partial charge >= 0.3 is 0 Å². The molecule has 1 aromatic carbocycles. The smallest absolute Gasteiger partial charge is 0.252 e. The molecule has 1 aliphatic heterocycles. The van der Waals surface area contributed by atoms with Gasteiger partial charge in [0.1, 0.15) is 6.04 Å². The first-order valence-electron chi connectivity index (χ1n) is 10.8. The minimum absolute atomic E-state index is 0.312. The number of nitrogens with zero attached hydrogens (tertiary/aromatic N) is 6. The molecular weight excluding hydrogens is 440 g/mol. The molecule has 3 aromatic rings. The number of carbonyl (C=O) groups excluding carboxylic acids is 1. The van der Waals surface area contributed by atoms with Crippen LogP contribution >= 0.6 is 11.6 Å². The number of benzene rings is 1. The van der Waals surface area contributed by atoms with E-state index in [1.807, 2.05) is 16.9 Å². The number of nitrogens with one attached hydrogen (secondary N) is 2. The molecule has 1 amide bonds. The second-order valence-electron chi connectivity index (χ2n) is 8.16. The lowest BCUT2D eigenvalue weighted by Gasteiger charge is -2.28. The van der Waals surface area contributed by atoms with Crippen LogP contribution in [0.1, 0.15) is 36.2 Å². The number of hydrogen-bond acceptors (Lipinski definition) is 7. The molecule has 1 aliphatic rings. The molecule has 0 spiro atoms. The van der Waals surface area contributed by atoms with Crippen LogP contribution < -0.4 is 10.6 Å². The Kier molecular flexibility index (Phi) is 6.87. The quantitative estimate of drug-likeness (QED) is 0.572. The van der Waals surface area contributed by atoms with Gasteiger partial charge in [-0.25, -0.2) is 9.97 Å². The second-order valence-corrected chi connectivity index (χ2v) is 8.57. The van der Waals surface area contributed by atoms with E-state index in [1.165, 1.54) is 0 Å². The van der Waals surface area contributed by atoms with Crippen molar-refractivity contribution in [3.8, 4) is 17.3 Å². The molecule has 0 saturated carbocycles. The summed E-state index contributed by atoms with van der Waals surface area (Å²) >= 11 is 6.35. The third-order valence-electron chi connectivity index (χ3n) is 5.63. The summed E-state index contributed by atoms with van der Waals surface area (Å²) in [5.74, 6) is 0.0929. The highest BCUT2D eigenvalue weighted by atomic mass is 35.5. The van der Waals surface area contributed by atoms with Crippen molar-refractivity contribution in [1.82, 2.24) is 30.0 Å². The number of carbonyl (C=O) groups is 1. The zero-order valence-corrected chi connectivity index (χ0v) is 19.3. The lowest BCUT2D eigenvalue weighted by Crippen LogP contribution is -2.31. The van der Waals surface area contributed by atoms with Gasteiger partial charge in [-0.15, -0.1) is 0 Å². The Morgan fingerprint density at radius 2 is 1.97 bits per heavy atom. The van der Waals surface area contributed by atoms with Gasteiger partial charge in [0, 0.05) is 17.3 Å². The average molecular weight is 465 g/mol. The van der Waals surface area contributed by atoms with Gasteiger partial charge in [0.25, 0.3) is 5.91 Å². The van der Waals surface area contributed by atoms with Crippen molar-refractivity contribution in [3.05, 3.63) is 53.4 Å². The predicted molar refractivity (Wildman–Crippen MR) is 126 cm³/mol. The number of anilines is 2. The largest absolute Gasteiger partial charge is 0.337 e. The minimum atomic E-state index is -0.564. The SMILES string of the molecule is CC(C#N)NC(=O)c1ccc(-c2nc(Nc3cnn(C4CCN(C)CC4)c3)ncc2Cl)cc1. The highest BCUT2D eigenvalue weighted by Gasteiger charge is 2.19. The Labute approximate surface area is 197 Å². The van der Waals surface area contributed by atoms with Gasteiger partial charge < -0.3 is 15.5 Å². The van der Waals surface area contributed by atoms with E-state index in [1.54, 1.807) is 43.6 Å². The minimum Gasteiger partial charge on any atom is -0.337 e. The number of halogens is 1. The fourth-order valence-electron chi connectivity index (χ4n) is 3.71. The van der Waals surface area contributed by atoms with Crippen LogP contribution in [-0.2, 0) is 0 Å². The Morgan fingerprint density at radius 1 is 1.24 bits per heavy atom. The fraction of sp³-hybridized carbons (Fsp3) is 0.348. The van der Waals surface area contributed by atoms with Crippen molar-refractivity contribution in [3.63, 3.8) is 0 Å². The summed E-state index contributed by atoms with van der Waals surface area (Å²) in [5, 5.41) is 19.6. The van der Waals surface area contributed by atoms with E-state index >= 15 is 0 Å². The fourth-order valence-corrected chi connectivity index (χ4v) is 3.91. The lowest BCUT2D eigenvalue weighted by atomic mass is 10.1. The third-order valence-corrected chi connectivity index (χ3v) is 5.90. The van der Waals surface area contributed by atoms with Crippen molar-refractivity contribution < 1.29 is 4.79 Å². The first-order valence-corrected chi connectivity index (χ1v) is 11.1. The normalized spacial score (nSPS) is 15.6. The molecule has 0 radical (unpaired) electrons. The molecule has 2 aromatic heterocycles. The topological polar surface area (TPSA) is 112 Å². The number of hydrogen-bond donors (Lipinski definition) is 2. The predicted octanol–water partition coefficient (Wildman–Crippen LogP) is 3.65. The van der Waals surface area contributed by atoms with Crippen molar-refractivity contribution in [1.29, 1.82) is 5.26 Å². The summed E-state index contributed by atoms with van der Waals surface area (Å²) in [4.78, 5) is 23.4. The van der Waals surface area contributed by atoms with E-state index in [4.69, 9.17) is 16.9 Å². The molecule has 10 heteroatoms. The molecular formula is C23H25ClN8O. The molecule has 0 aliphatic carbocycles. The maximum absolute atomic E-state index is 12.2. The molecule has 9 nitrogen and oxygen atoms in total. The molecule has 0 bridgehead atoms. The van der Waals surface area contributed by atoms with Crippen LogP contribution in [0.5, 0.6) is 0 Å². The van der Waals surface area contributed by atoms with Crippen LogP contribution in [0.15, 0.2) is 42.9 Å². The van der Waals surface area contributed by atoms with E-state index in [0.29, 0.717) is 28.3 Å². The molecule has 1 atom stereocenters. The average Bonchev–Trinajstić information content (AvgIpc) is 3.29. The second kappa shape index (κ2) is 9.98. The lowest BCUT2D eigenvalue weighted by molar-refractivity contribution is 0.0948. The number of rotatable bonds is 6. The van der Waals surface area contributed by atoms with Gasteiger partial charge in [-0.3, -0.25) is 9.48 Å². The van der Waals surface area contributed by atoms with Gasteiger partial charge in [0.15, 0.2) is 0 Å². The number of aromatic nitrogens is 4. The Balaban J connectivity index is 1.47. The summed E-state index contributed by atoms with van der Waals surface area (Å²) in [7, 11) is 2.14. The molecule has 3 heterocycles. The van der Waals surface area contributed by atoms with Gasteiger partial charge in [-0.1, -0.05) is 23.7 Å². The number of amides is 1. The number of piperidine rings is 1. The van der Waals surface area contributed by atoms with E-state index in [9.17, 15) is 4.79 Å². The maximum atomic E-state index is 12.2. The first kappa shape index (κ1) is 22.7. The van der Waals surface area contributed by atoms with Crippen LogP contribution in [0.25, 0.3) is 11.3 Å². The van der Waals surface area contributed by atoms with Gasteiger partial charge in [-0.05, 0) is 52.0 Å². The van der Waals surface area contributed by atoms with Gasteiger partial charge in [0.2, 0.25) is 5.95 Å². The van der Waals surface area contributed by atoms with Crippen molar-refractivity contribution >= 4 is 29.1 Å². The maximum Gasteiger partial charge on any atom is 0.252 e. The zero-order chi connectivity index (χ0) is 23.4. The summed E-state index contributed by atoms with van der Waals surface area (Å²) < 4.78 is 2.00. The summed E-state index contributed by atoms with van der Waals surface area (Å²) in [5.41, 5.74) is 2.55. The summed E-state index contributed by atoms with van der Waals surface area (Å²) in [6.07, 6.45) is 7.43. The van der Waals surface area contributed by atoms with Gasteiger partial charge in [-0.2, -0.15) is 10.4 Å². The number of nitriles is 1. The summed E-state index contributed by atoms with van der Waals surface area (Å²) in [6.45, 7) is 3.75. The van der Waals surface area contributed by atoms with Crippen molar-refractivity contribution in [2.45, 2.75) is 31.8 Å². The van der Waals surface area contributed by atoms with Crippen LogP contribution in [0.3, 0.4) is 0 Å². The standard InChI is InChI=1S/C23H25ClN8O/c1-15(11-25)28-22(33)17-5-3-16(4-6-17)21-20(24)13-26-23(30-21)29-18-12-27-32(14-18)19-7-9-31(2)10-8-19/h3-6,12-15,19H,7-10H2,1-2H3,(H,28,33)(H,26,29,30). The monoisotopic (exact) mass is 464 g/mol. The molecule has 4 rings (SSSR count). The van der Waals surface area contributed by atoms with Crippen molar-refractivity contribution in [2.24, 2.45) is 0 Å².